The van der Waals surface area contributed by atoms with Gasteiger partial charge in [-0.1, -0.05) is 12.1 Å². The highest BCUT2D eigenvalue weighted by molar-refractivity contribution is 5.29. The summed E-state index contributed by atoms with van der Waals surface area (Å²) in [5.41, 5.74) is 5.12. The fourth-order valence-electron chi connectivity index (χ4n) is 1.87. The molecule has 1 nitrogen and oxygen atoms in total. The standard InChI is InChI=1S/C10H10F3N/c11-8-3-1-2-7(4-8)9(14)5-10(12,13)6-9/h1-4H,5-6,14H2. The van der Waals surface area contributed by atoms with Gasteiger partial charge in [0.2, 0.25) is 0 Å². The minimum atomic E-state index is -2.69. The van der Waals surface area contributed by atoms with Crippen LogP contribution < -0.4 is 5.73 Å². The molecule has 0 radical (unpaired) electrons. The van der Waals surface area contributed by atoms with Crippen molar-refractivity contribution in [3.8, 4) is 0 Å². The van der Waals surface area contributed by atoms with Gasteiger partial charge in [0.05, 0.1) is 5.54 Å². The Balaban J connectivity index is 2.25. The first-order valence-electron chi connectivity index (χ1n) is 4.34. The minimum absolute atomic E-state index is 0.399. The van der Waals surface area contributed by atoms with Gasteiger partial charge in [0.1, 0.15) is 5.82 Å². The summed E-state index contributed by atoms with van der Waals surface area (Å²) in [5, 5.41) is 0. The van der Waals surface area contributed by atoms with E-state index in [1.807, 2.05) is 0 Å². The molecule has 0 unspecified atom stereocenters. The van der Waals surface area contributed by atoms with Crippen LogP contribution in [0.5, 0.6) is 0 Å². The topological polar surface area (TPSA) is 26.0 Å². The maximum atomic E-state index is 12.8. The molecule has 1 saturated carbocycles. The summed E-state index contributed by atoms with van der Waals surface area (Å²) in [7, 11) is 0. The second-order valence-electron chi connectivity index (χ2n) is 3.88. The molecule has 1 aromatic carbocycles. The van der Waals surface area contributed by atoms with E-state index in [4.69, 9.17) is 5.73 Å². The number of hydrogen-bond acceptors (Lipinski definition) is 1. The van der Waals surface area contributed by atoms with Crippen LogP contribution in [-0.2, 0) is 5.54 Å². The summed E-state index contributed by atoms with van der Waals surface area (Å²) in [6, 6.07) is 5.55. The summed E-state index contributed by atoms with van der Waals surface area (Å²) in [6.45, 7) is 0. The Bertz CT molecular complexity index is 354. The van der Waals surface area contributed by atoms with E-state index in [0.29, 0.717) is 5.56 Å². The molecule has 2 rings (SSSR count). The number of hydrogen-bond donors (Lipinski definition) is 1. The van der Waals surface area contributed by atoms with Gasteiger partial charge in [0.25, 0.3) is 5.92 Å². The van der Waals surface area contributed by atoms with Gasteiger partial charge in [-0.05, 0) is 17.7 Å². The zero-order valence-corrected chi connectivity index (χ0v) is 7.43. The Morgan fingerprint density at radius 3 is 2.36 bits per heavy atom. The van der Waals surface area contributed by atoms with Crippen molar-refractivity contribution in [2.24, 2.45) is 5.73 Å². The van der Waals surface area contributed by atoms with E-state index in [1.54, 1.807) is 6.07 Å². The lowest BCUT2D eigenvalue weighted by molar-refractivity contribution is -0.125. The molecule has 0 aliphatic heterocycles. The van der Waals surface area contributed by atoms with Crippen LogP contribution in [0, 0.1) is 5.82 Å². The molecular formula is C10H10F3N. The lowest BCUT2D eigenvalue weighted by atomic mass is 9.70. The summed E-state index contributed by atoms with van der Waals surface area (Å²) in [4.78, 5) is 0. The van der Waals surface area contributed by atoms with Crippen molar-refractivity contribution in [1.82, 2.24) is 0 Å². The molecule has 0 bridgehead atoms. The number of rotatable bonds is 1. The molecule has 0 amide bonds. The largest absolute Gasteiger partial charge is 0.321 e. The maximum absolute atomic E-state index is 12.8. The molecule has 76 valence electrons. The van der Waals surface area contributed by atoms with Gasteiger partial charge >= 0.3 is 0 Å². The van der Waals surface area contributed by atoms with E-state index in [-0.39, 0.29) is 0 Å². The third kappa shape index (κ3) is 1.50. The molecule has 1 fully saturated rings. The highest BCUT2D eigenvalue weighted by atomic mass is 19.3. The minimum Gasteiger partial charge on any atom is -0.321 e. The average Bonchev–Trinajstić information content (AvgIpc) is 2.00. The summed E-state index contributed by atoms with van der Waals surface area (Å²) < 4.78 is 38.1. The quantitative estimate of drug-likeness (QED) is 0.741. The first-order valence-corrected chi connectivity index (χ1v) is 4.34. The molecule has 0 saturated heterocycles. The van der Waals surface area contributed by atoms with Crippen molar-refractivity contribution >= 4 is 0 Å². The van der Waals surface area contributed by atoms with Crippen LogP contribution in [0.2, 0.25) is 0 Å². The van der Waals surface area contributed by atoms with Crippen molar-refractivity contribution in [3.05, 3.63) is 35.6 Å². The zero-order chi connectivity index (χ0) is 10.4. The van der Waals surface area contributed by atoms with Crippen LogP contribution in [0.3, 0.4) is 0 Å². The van der Waals surface area contributed by atoms with Crippen molar-refractivity contribution in [3.63, 3.8) is 0 Å². The van der Waals surface area contributed by atoms with Gasteiger partial charge in [-0.2, -0.15) is 0 Å². The zero-order valence-electron chi connectivity index (χ0n) is 7.43. The highest BCUT2D eigenvalue weighted by Gasteiger charge is 2.55. The SMILES string of the molecule is NC1(c2cccc(F)c2)CC(F)(F)C1. The Labute approximate surface area is 79.7 Å². The number of benzene rings is 1. The molecule has 1 aliphatic rings. The Morgan fingerprint density at radius 1 is 1.21 bits per heavy atom. The second kappa shape index (κ2) is 2.73. The van der Waals surface area contributed by atoms with E-state index < -0.39 is 30.1 Å². The van der Waals surface area contributed by atoms with Crippen LogP contribution in [0.4, 0.5) is 13.2 Å². The lowest BCUT2D eigenvalue weighted by Gasteiger charge is -2.44. The van der Waals surface area contributed by atoms with Crippen LogP contribution in [0.15, 0.2) is 24.3 Å². The lowest BCUT2D eigenvalue weighted by Crippen LogP contribution is -2.55. The molecule has 0 spiro atoms. The van der Waals surface area contributed by atoms with Crippen molar-refractivity contribution in [2.75, 3.05) is 0 Å². The molecule has 4 heteroatoms. The Morgan fingerprint density at radius 2 is 1.86 bits per heavy atom. The predicted molar refractivity (Wildman–Crippen MR) is 46.4 cm³/mol. The van der Waals surface area contributed by atoms with E-state index in [2.05, 4.69) is 0 Å². The predicted octanol–water partition coefficient (Wildman–Crippen LogP) is 2.41. The van der Waals surface area contributed by atoms with Crippen molar-refractivity contribution in [2.45, 2.75) is 24.3 Å². The third-order valence-electron chi connectivity index (χ3n) is 2.55. The normalized spacial score (nSPS) is 22.9. The molecule has 0 aromatic heterocycles. The van der Waals surface area contributed by atoms with Crippen LogP contribution >= 0.6 is 0 Å². The van der Waals surface area contributed by atoms with Gasteiger partial charge in [-0.25, -0.2) is 13.2 Å². The van der Waals surface area contributed by atoms with Crippen LogP contribution in [0.25, 0.3) is 0 Å². The Kier molecular flexibility index (Phi) is 1.86. The Hall–Kier alpha value is -1.03. The molecule has 1 aromatic rings. The molecule has 14 heavy (non-hydrogen) atoms. The van der Waals surface area contributed by atoms with Gasteiger partial charge in [0, 0.05) is 12.8 Å². The second-order valence-corrected chi connectivity index (χ2v) is 3.88. The summed E-state index contributed by atoms with van der Waals surface area (Å²) in [6.07, 6.45) is -0.799. The highest BCUT2D eigenvalue weighted by Crippen LogP contribution is 2.49. The van der Waals surface area contributed by atoms with Crippen LogP contribution in [0.1, 0.15) is 18.4 Å². The van der Waals surface area contributed by atoms with Gasteiger partial charge in [0.15, 0.2) is 0 Å². The third-order valence-corrected chi connectivity index (χ3v) is 2.55. The first-order chi connectivity index (χ1) is 6.41. The summed E-state index contributed by atoms with van der Waals surface area (Å²) in [5.74, 6) is -3.14. The number of halogens is 3. The fraction of sp³-hybridized carbons (Fsp3) is 0.400. The number of nitrogens with two attached hydrogens (primary N) is 1. The first kappa shape index (κ1) is 9.52. The molecule has 0 heterocycles. The molecule has 2 N–H and O–H groups in total. The van der Waals surface area contributed by atoms with Crippen molar-refractivity contribution in [1.29, 1.82) is 0 Å². The van der Waals surface area contributed by atoms with Gasteiger partial charge < -0.3 is 5.73 Å². The smallest absolute Gasteiger partial charge is 0.252 e. The number of alkyl halides is 2. The van der Waals surface area contributed by atoms with E-state index >= 15 is 0 Å². The molecule has 0 atom stereocenters. The average molecular weight is 201 g/mol. The van der Waals surface area contributed by atoms with Gasteiger partial charge in [-0.15, -0.1) is 0 Å². The van der Waals surface area contributed by atoms with E-state index in [9.17, 15) is 13.2 Å². The maximum Gasteiger partial charge on any atom is 0.252 e. The fourth-order valence-corrected chi connectivity index (χ4v) is 1.87. The van der Waals surface area contributed by atoms with Gasteiger partial charge in [-0.3, -0.25) is 0 Å². The summed E-state index contributed by atoms with van der Waals surface area (Å²) >= 11 is 0. The van der Waals surface area contributed by atoms with E-state index in [0.717, 1.165) is 0 Å². The molecule has 1 aliphatic carbocycles. The molecular weight excluding hydrogens is 191 g/mol. The monoisotopic (exact) mass is 201 g/mol. The van der Waals surface area contributed by atoms with Crippen LogP contribution in [-0.4, -0.2) is 5.92 Å². The van der Waals surface area contributed by atoms with Crippen molar-refractivity contribution < 1.29 is 13.2 Å². The van der Waals surface area contributed by atoms with E-state index in [1.165, 1.54) is 18.2 Å².